The highest BCUT2D eigenvalue weighted by Gasteiger charge is 2.44. The van der Waals surface area contributed by atoms with Crippen LogP contribution in [0.5, 0.6) is 23.0 Å². The van der Waals surface area contributed by atoms with Gasteiger partial charge in [0.1, 0.15) is 47.0 Å². The maximum Gasteiger partial charge on any atom is 0.330 e. The van der Waals surface area contributed by atoms with E-state index in [1.165, 1.54) is 242 Å². The molecule has 0 unspecified atom stereocenters. The number of nitrogens with one attached hydrogen (secondary N) is 2. The monoisotopic (exact) mass is 1380 g/mol. The lowest BCUT2D eigenvalue weighted by Crippen LogP contribution is -2.39. The predicted molar refractivity (Wildman–Crippen MR) is 407 cm³/mol. The molecule has 6 rings (SSSR count). The molecule has 100 heavy (non-hydrogen) atoms. The summed E-state index contributed by atoms with van der Waals surface area (Å²) in [6.45, 7) is 7.49. The van der Waals surface area contributed by atoms with Crippen molar-refractivity contribution in [3.63, 3.8) is 0 Å². The first-order chi connectivity index (χ1) is 49.1. The average molecular weight is 1380 g/mol. The number of amides is 1. The van der Waals surface area contributed by atoms with E-state index in [1.54, 1.807) is 21.1 Å². The van der Waals surface area contributed by atoms with Gasteiger partial charge < -0.3 is 38.5 Å². The van der Waals surface area contributed by atoms with Crippen LogP contribution in [0.2, 0.25) is 0 Å². The molecule has 4 aromatic carbocycles. The number of H-pyrrole nitrogens is 1. The Morgan fingerprint density at radius 1 is 0.510 bits per heavy atom. The summed E-state index contributed by atoms with van der Waals surface area (Å²) in [6.07, 6.45) is 52.0. The summed E-state index contributed by atoms with van der Waals surface area (Å²) < 4.78 is 45.3. The summed E-state index contributed by atoms with van der Waals surface area (Å²) in [6, 6.07) is 31.0. The van der Waals surface area contributed by atoms with Crippen LogP contribution < -0.4 is 35.5 Å². The van der Waals surface area contributed by atoms with Gasteiger partial charge in [-0.05, 0) is 72.9 Å². The molecule has 0 spiro atoms. The van der Waals surface area contributed by atoms with Crippen molar-refractivity contribution in [2.45, 2.75) is 327 Å². The van der Waals surface area contributed by atoms with Gasteiger partial charge in [-0.3, -0.25) is 23.9 Å². The Morgan fingerprint density at radius 2 is 0.920 bits per heavy atom. The number of carbonyl (C=O) groups is 2. The van der Waals surface area contributed by atoms with Gasteiger partial charge in [0.05, 0.1) is 40.5 Å². The number of aryl methyl sites for hydroxylation is 1. The fourth-order valence-corrected chi connectivity index (χ4v) is 13.9. The summed E-state index contributed by atoms with van der Waals surface area (Å²) >= 11 is 0. The molecule has 1 amide bonds. The van der Waals surface area contributed by atoms with Gasteiger partial charge in [-0.25, -0.2) is 4.79 Å². The number of nitrogens with zero attached hydrogens (tertiary/aromatic N) is 1. The smallest absolute Gasteiger partial charge is 0.330 e. The highest BCUT2D eigenvalue weighted by atomic mass is 16.6. The molecule has 1 aromatic heterocycles. The number of aromatic amines is 1. The third-order valence-corrected chi connectivity index (χ3v) is 20.1. The number of rotatable bonds is 59. The molecule has 3 atom stereocenters. The summed E-state index contributed by atoms with van der Waals surface area (Å²) in [5.41, 5.74) is 1.14. The van der Waals surface area contributed by atoms with Crippen molar-refractivity contribution in [2.75, 3.05) is 34.0 Å². The molecule has 1 aliphatic heterocycles. The fourth-order valence-electron chi connectivity index (χ4n) is 13.9. The maximum absolute atomic E-state index is 14.0. The van der Waals surface area contributed by atoms with Gasteiger partial charge >= 0.3 is 11.7 Å². The van der Waals surface area contributed by atoms with E-state index in [1.807, 2.05) is 97.1 Å². The molecule has 0 bridgehead atoms. The average Bonchev–Trinajstić information content (AvgIpc) is 0.929. The first kappa shape index (κ1) is 82.6. The van der Waals surface area contributed by atoms with Crippen LogP contribution in [0.25, 0.3) is 0 Å². The third kappa shape index (κ3) is 31.5. The SMILES string of the molecule is CCCCCCCCCCCCCCCCCCCCCCOc1ccc(CNC(=O)CCC(=O)O[C@@H]2C[C@H](n3cc(C)c(=O)[nH]c3=O)O[C@@H]2COC(c2ccccc2)(c2ccc(OC)cc2)c2ccc(OC)cc2)c(OCCCCCCCCCCCCCCCCCCCCCC)c1. The molecule has 1 saturated heterocycles. The molecule has 0 saturated carbocycles. The first-order valence-corrected chi connectivity index (χ1v) is 39.9. The van der Waals surface area contributed by atoms with Crippen LogP contribution in [-0.4, -0.2) is 67.7 Å². The number of ether oxygens (including phenoxy) is 7. The summed E-state index contributed by atoms with van der Waals surface area (Å²) in [5.74, 6) is 1.85. The minimum Gasteiger partial charge on any atom is -0.497 e. The lowest BCUT2D eigenvalue weighted by molar-refractivity contribution is -0.156. The van der Waals surface area contributed by atoms with Gasteiger partial charge in [-0.15, -0.1) is 0 Å². The number of benzene rings is 4. The summed E-state index contributed by atoms with van der Waals surface area (Å²) in [7, 11) is 3.23. The van der Waals surface area contributed by atoms with Gasteiger partial charge in [0.25, 0.3) is 5.56 Å². The molecule has 1 aliphatic rings. The Hall–Kier alpha value is -6.38. The highest BCUT2D eigenvalue weighted by Crippen LogP contribution is 2.43. The van der Waals surface area contributed by atoms with E-state index in [0.717, 1.165) is 53.7 Å². The molecular weight excluding hydrogens is 1250 g/mol. The van der Waals surface area contributed by atoms with Crippen molar-refractivity contribution in [3.8, 4) is 23.0 Å². The lowest BCUT2D eigenvalue weighted by atomic mass is 9.80. The van der Waals surface area contributed by atoms with E-state index < -0.39 is 41.3 Å². The maximum atomic E-state index is 14.0. The molecule has 0 radical (unpaired) electrons. The van der Waals surface area contributed by atoms with Crippen molar-refractivity contribution >= 4 is 11.9 Å². The van der Waals surface area contributed by atoms with Gasteiger partial charge in [-0.2, -0.15) is 0 Å². The Balaban J connectivity index is 0.984. The van der Waals surface area contributed by atoms with Crippen LogP contribution in [0.15, 0.2) is 113 Å². The summed E-state index contributed by atoms with van der Waals surface area (Å²) in [5, 5.41) is 3.04. The van der Waals surface area contributed by atoms with Crippen molar-refractivity contribution in [1.82, 2.24) is 14.9 Å². The normalized spacial score (nSPS) is 14.5. The van der Waals surface area contributed by atoms with E-state index in [-0.39, 0.29) is 38.3 Å². The van der Waals surface area contributed by atoms with Crippen LogP contribution in [0.4, 0.5) is 0 Å². The second kappa shape index (κ2) is 50.9. The van der Waals surface area contributed by atoms with Crippen molar-refractivity contribution in [2.24, 2.45) is 0 Å². The third-order valence-electron chi connectivity index (χ3n) is 20.1. The van der Waals surface area contributed by atoms with Gasteiger partial charge in [0, 0.05) is 42.8 Å². The Morgan fingerprint density at radius 3 is 1.36 bits per heavy atom. The highest BCUT2D eigenvalue weighted by molar-refractivity contribution is 5.81. The minimum absolute atomic E-state index is 0.0718. The molecule has 14 nitrogen and oxygen atoms in total. The topological polar surface area (TPSA) is 166 Å². The van der Waals surface area contributed by atoms with E-state index >= 15 is 0 Å². The van der Waals surface area contributed by atoms with E-state index in [9.17, 15) is 19.2 Å². The van der Waals surface area contributed by atoms with Crippen LogP contribution in [-0.2, 0) is 35.9 Å². The van der Waals surface area contributed by atoms with Crippen LogP contribution in [0.3, 0.4) is 0 Å². The zero-order valence-electron chi connectivity index (χ0n) is 62.7. The zero-order valence-corrected chi connectivity index (χ0v) is 62.7. The molecular formula is C86H131N3O11. The molecule has 5 aromatic rings. The number of unbranched alkanes of at least 4 members (excludes halogenated alkanes) is 38. The molecule has 2 N–H and O–H groups in total. The number of aromatic nitrogens is 2. The quantitative estimate of drug-likeness (QED) is 0.0216. The number of hydrogen-bond acceptors (Lipinski definition) is 11. The number of methoxy groups -OCH3 is 2. The molecule has 2 heterocycles. The Labute approximate surface area is 602 Å². The van der Waals surface area contributed by atoms with Gasteiger partial charge in [0.2, 0.25) is 5.91 Å². The second-order valence-electron chi connectivity index (χ2n) is 28.4. The van der Waals surface area contributed by atoms with Crippen LogP contribution >= 0.6 is 0 Å². The van der Waals surface area contributed by atoms with Crippen LogP contribution in [0.1, 0.15) is 324 Å². The minimum atomic E-state index is -1.23. The van der Waals surface area contributed by atoms with Crippen molar-refractivity contribution in [1.29, 1.82) is 0 Å². The molecule has 0 aliphatic carbocycles. The van der Waals surface area contributed by atoms with Gasteiger partial charge in [-0.1, -0.05) is 312 Å². The predicted octanol–water partition coefficient (Wildman–Crippen LogP) is 21.6. The fraction of sp³-hybridized carbons (Fsp3) is 0.651. The van der Waals surface area contributed by atoms with Crippen molar-refractivity contribution in [3.05, 3.63) is 152 Å². The molecule has 14 heteroatoms. The molecule has 1 fully saturated rings. The number of carbonyl (C=O) groups excluding carboxylic acids is 2. The van der Waals surface area contributed by atoms with Crippen LogP contribution in [0, 0.1) is 6.92 Å². The molecule has 556 valence electrons. The second-order valence-corrected chi connectivity index (χ2v) is 28.4. The summed E-state index contributed by atoms with van der Waals surface area (Å²) in [4.78, 5) is 55.9. The largest absolute Gasteiger partial charge is 0.497 e. The Kier molecular flexibility index (Phi) is 42.0. The standard InChI is InChI=1S/C86H131N3O11/c1-6-8-10-12-14-16-18-20-22-24-26-28-30-32-34-36-38-40-42-47-63-96-77-56-51-71(78(65-77)97-64-48-43-41-39-37-35-33-31-29-27-25-23-21-19-17-15-13-11-9-7-2)67-87-81(90)61-62-83(91)100-79-66-82(89-68-70(3)84(92)88-85(89)93)99-80(79)69-98-86(72-49-45-44-46-50-72,73-52-57-75(94-4)58-53-73)74-54-59-76(95-5)60-55-74/h44-46,49-60,65,68,79-80,82H,6-43,47-48,61-64,66-67,69H2,1-5H3,(H,87,90)(H,88,92,93)/t79-,80-,82-/m1/s1. The first-order valence-electron chi connectivity index (χ1n) is 39.9. The Bertz CT molecular complexity index is 3010. The van der Waals surface area contributed by atoms with E-state index in [0.29, 0.717) is 36.0 Å². The lowest BCUT2D eigenvalue weighted by Gasteiger charge is -2.37. The van der Waals surface area contributed by atoms with Gasteiger partial charge in [0.15, 0.2) is 0 Å². The number of esters is 1. The van der Waals surface area contributed by atoms with E-state index in [4.69, 9.17) is 33.2 Å². The zero-order chi connectivity index (χ0) is 70.9. The number of hydrogen-bond donors (Lipinski definition) is 2. The van der Waals surface area contributed by atoms with Crippen molar-refractivity contribution < 1.29 is 42.7 Å². The van der Waals surface area contributed by atoms with E-state index in [2.05, 4.69) is 24.1 Å².